The van der Waals surface area contributed by atoms with E-state index >= 15 is 0 Å². The van der Waals surface area contributed by atoms with Gasteiger partial charge in [0.1, 0.15) is 18.2 Å². The first-order valence-electron chi connectivity index (χ1n) is 9.25. The van der Waals surface area contributed by atoms with Crippen molar-refractivity contribution in [1.29, 1.82) is 0 Å². The van der Waals surface area contributed by atoms with Crippen LogP contribution < -0.4 is 24.4 Å². The summed E-state index contributed by atoms with van der Waals surface area (Å²) in [4.78, 5) is 16.0. The maximum atomic E-state index is 13.9. The third-order valence-electron chi connectivity index (χ3n) is 4.75. The Morgan fingerprint density at radius 1 is 1.07 bits per heavy atom. The Kier molecular flexibility index (Phi) is 5.36. The van der Waals surface area contributed by atoms with Crippen molar-refractivity contribution in [3.63, 3.8) is 0 Å². The fraction of sp³-hybridized carbons (Fsp3) is 0.350. The molecule has 148 valence electrons. The van der Waals surface area contributed by atoms with Crippen LogP contribution in [0.15, 0.2) is 42.5 Å². The van der Waals surface area contributed by atoms with E-state index in [0.29, 0.717) is 62.3 Å². The molecule has 0 atom stereocenters. The molecule has 0 aliphatic carbocycles. The first kappa shape index (κ1) is 18.2. The van der Waals surface area contributed by atoms with Crippen LogP contribution in [0.25, 0.3) is 0 Å². The molecule has 2 aliphatic rings. The van der Waals surface area contributed by atoms with Gasteiger partial charge in [0.05, 0.1) is 12.2 Å². The largest absolute Gasteiger partial charge is 0.492 e. The van der Waals surface area contributed by atoms with Crippen LogP contribution in [0.4, 0.5) is 14.9 Å². The molecular weight excluding hydrogens is 365 g/mol. The molecule has 2 amide bonds. The molecule has 0 unspecified atom stereocenters. The number of fused-ring (bicyclic) bond motifs is 1. The van der Waals surface area contributed by atoms with Crippen molar-refractivity contribution in [3.8, 4) is 17.2 Å². The highest BCUT2D eigenvalue weighted by molar-refractivity contribution is 5.74. The number of benzene rings is 2. The molecule has 0 aromatic heterocycles. The zero-order valence-corrected chi connectivity index (χ0v) is 15.4. The fourth-order valence-corrected chi connectivity index (χ4v) is 3.26. The van der Waals surface area contributed by atoms with Gasteiger partial charge in [-0.3, -0.25) is 0 Å². The van der Waals surface area contributed by atoms with Gasteiger partial charge in [0.25, 0.3) is 0 Å². The highest BCUT2D eigenvalue weighted by Gasteiger charge is 2.22. The third-order valence-corrected chi connectivity index (χ3v) is 4.75. The zero-order valence-electron chi connectivity index (χ0n) is 15.4. The average molecular weight is 387 g/mol. The van der Waals surface area contributed by atoms with Gasteiger partial charge in [0, 0.05) is 32.2 Å². The van der Waals surface area contributed by atoms with Crippen LogP contribution in [-0.4, -0.2) is 57.1 Å². The predicted octanol–water partition coefficient (Wildman–Crippen LogP) is 2.47. The van der Waals surface area contributed by atoms with E-state index in [4.69, 9.17) is 14.2 Å². The van der Waals surface area contributed by atoms with Crippen molar-refractivity contribution in [3.05, 3.63) is 48.3 Å². The second-order valence-electron chi connectivity index (χ2n) is 6.52. The molecule has 4 rings (SSSR count). The van der Waals surface area contributed by atoms with Crippen LogP contribution in [0.3, 0.4) is 0 Å². The molecular formula is C20H22FN3O4. The molecule has 2 heterocycles. The molecule has 0 spiro atoms. The minimum absolute atomic E-state index is 0.137. The van der Waals surface area contributed by atoms with E-state index < -0.39 is 0 Å². The Balaban J connectivity index is 1.18. The molecule has 0 radical (unpaired) electrons. The Bertz CT molecular complexity index is 840. The second-order valence-corrected chi connectivity index (χ2v) is 6.52. The van der Waals surface area contributed by atoms with Crippen molar-refractivity contribution >= 4 is 11.7 Å². The number of urea groups is 1. The minimum Gasteiger partial charge on any atom is -0.492 e. The van der Waals surface area contributed by atoms with E-state index in [1.807, 2.05) is 11.0 Å². The fourth-order valence-electron chi connectivity index (χ4n) is 3.26. The lowest BCUT2D eigenvalue weighted by molar-refractivity contribution is 0.173. The van der Waals surface area contributed by atoms with Gasteiger partial charge in [-0.2, -0.15) is 0 Å². The molecule has 1 N–H and O–H groups in total. The summed E-state index contributed by atoms with van der Waals surface area (Å²) < 4.78 is 30.1. The summed E-state index contributed by atoms with van der Waals surface area (Å²) >= 11 is 0. The lowest BCUT2D eigenvalue weighted by atomic mass is 10.2. The summed E-state index contributed by atoms with van der Waals surface area (Å²) in [6.07, 6.45) is 0. The number of piperazine rings is 1. The predicted molar refractivity (Wildman–Crippen MR) is 102 cm³/mol. The van der Waals surface area contributed by atoms with Crippen molar-refractivity contribution in [2.45, 2.75) is 0 Å². The topological polar surface area (TPSA) is 63.3 Å². The minimum atomic E-state index is -0.235. The van der Waals surface area contributed by atoms with E-state index in [0.717, 1.165) is 0 Å². The molecule has 0 bridgehead atoms. The van der Waals surface area contributed by atoms with Crippen LogP contribution in [0.1, 0.15) is 0 Å². The maximum absolute atomic E-state index is 13.9. The number of halogens is 1. The Morgan fingerprint density at radius 3 is 2.68 bits per heavy atom. The van der Waals surface area contributed by atoms with E-state index in [2.05, 4.69) is 5.32 Å². The van der Waals surface area contributed by atoms with Gasteiger partial charge in [0.15, 0.2) is 11.5 Å². The normalized spacial score (nSPS) is 15.5. The molecule has 2 aliphatic heterocycles. The Hall–Kier alpha value is -3.16. The molecule has 2 aromatic rings. The van der Waals surface area contributed by atoms with Crippen molar-refractivity contribution in [1.82, 2.24) is 10.2 Å². The highest BCUT2D eigenvalue weighted by Crippen LogP contribution is 2.35. The van der Waals surface area contributed by atoms with Gasteiger partial charge in [-0.1, -0.05) is 12.1 Å². The average Bonchev–Trinajstić information content (AvgIpc) is 3.19. The van der Waals surface area contributed by atoms with E-state index in [1.165, 1.54) is 6.07 Å². The van der Waals surface area contributed by atoms with Crippen LogP contribution in [0, 0.1) is 5.82 Å². The third kappa shape index (κ3) is 4.05. The van der Waals surface area contributed by atoms with E-state index in [9.17, 15) is 9.18 Å². The lowest BCUT2D eigenvalue weighted by Gasteiger charge is -2.36. The van der Waals surface area contributed by atoms with Gasteiger partial charge in [0.2, 0.25) is 6.79 Å². The number of nitrogens with zero attached hydrogens (tertiary/aromatic N) is 2. The summed E-state index contributed by atoms with van der Waals surface area (Å²) in [5.41, 5.74) is 0.583. The standard InChI is InChI=1S/C20H22FN3O4/c21-16-3-1-2-4-17(16)23-8-10-24(11-9-23)20(25)22-7-12-26-15-5-6-18-19(13-15)28-14-27-18/h1-6,13H,7-12,14H2,(H,22,25). The monoisotopic (exact) mass is 387 g/mol. The van der Waals surface area contributed by atoms with Crippen LogP contribution >= 0.6 is 0 Å². The Labute approximate surface area is 162 Å². The van der Waals surface area contributed by atoms with Gasteiger partial charge in [-0.15, -0.1) is 0 Å². The summed E-state index contributed by atoms with van der Waals surface area (Å²) in [6.45, 7) is 3.25. The Morgan fingerprint density at radius 2 is 1.86 bits per heavy atom. The van der Waals surface area contributed by atoms with Crippen LogP contribution in [0.2, 0.25) is 0 Å². The molecule has 7 nitrogen and oxygen atoms in total. The quantitative estimate of drug-likeness (QED) is 0.799. The number of para-hydroxylation sites is 1. The SMILES string of the molecule is O=C(NCCOc1ccc2c(c1)OCO2)N1CCN(c2ccccc2F)CC1. The first-order chi connectivity index (χ1) is 13.7. The van der Waals surface area contributed by atoms with Crippen molar-refractivity contribution < 1.29 is 23.4 Å². The number of hydrogen-bond donors (Lipinski definition) is 1. The molecule has 8 heteroatoms. The lowest BCUT2D eigenvalue weighted by Crippen LogP contribution is -2.52. The second kappa shape index (κ2) is 8.24. The molecule has 28 heavy (non-hydrogen) atoms. The number of ether oxygens (including phenoxy) is 3. The summed E-state index contributed by atoms with van der Waals surface area (Å²) in [5.74, 6) is 1.79. The van der Waals surface area contributed by atoms with E-state index in [1.54, 1.807) is 35.2 Å². The van der Waals surface area contributed by atoms with Crippen LogP contribution in [0.5, 0.6) is 17.2 Å². The molecule has 2 aromatic carbocycles. The van der Waals surface area contributed by atoms with Gasteiger partial charge < -0.3 is 29.3 Å². The summed E-state index contributed by atoms with van der Waals surface area (Å²) in [5, 5.41) is 2.85. The van der Waals surface area contributed by atoms with Crippen molar-refractivity contribution in [2.75, 3.05) is 51.0 Å². The number of nitrogens with one attached hydrogen (secondary N) is 1. The highest BCUT2D eigenvalue weighted by atomic mass is 19.1. The number of carbonyl (C=O) groups is 1. The summed E-state index contributed by atoms with van der Waals surface area (Å²) in [6, 6.07) is 11.9. The smallest absolute Gasteiger partial charge is 0.317 e. The van der Waals surface area contributed by atoms with Gasteiger partial charge in [-0.05, 0) is 24.3 Å². The number of hydrogen-bond acceptors (Lipinski definition) is 5. The number of anilines is 1. The van der Waals surface area contributed by atoms with Gasteiger partial charge >= 0.3 is 6.03 Å². The number of amides is 2. The molecule has 1 saturated heterocycles. The van der Waals surface area contributed by atoms with Crippen molar-refractivity contribution in [2.24, 2.45) is 0 Å². The number of rotatable bonds is 5. The first-order valence-corrected chi connectivity index (χ1v) is 9.25. The molecule has 0 saturated carbocycles. The summed E-state index contributed by atoms with van der Waals surface area (Å²) in [7, 11) is 0. The number of carbonyl (C=O) groups excluding carboxylic acids is 1. The van der Waals surface area contributed by atoms with E-state index in [-0.39, 0.29) is 18.6 Å². The maximum Gasteiger partial charge on any atom is 0.317 e. The van der Waals surface area contributed by atoms with Gasteiger partial charge in [-0.25, -0.2) is 9.18 Å². The van der Waals surface area contributed by atoms with Crippen LogP contribution in [-0.2, 0) is 0 Å². The molecule has 1 fully saturated rings. The zero-order chi connectivity index (χ0) is 19.3.